The lowest BCUT2D eigenvalue weighted by Gasteiger charge is -2.32. The number of amides is 2. The number of nitrogens with two attached hydrogens (primary N) is 1. The lowest BCUT2D eigenvalue weighted by atomic mass is 9.97. The molecule has 1 saturated heterocycles. The summed E-state index contributed by atoms with van der Waals surface area (Å²) in [5, 5.41) is 3.01. The number of hydrogen-bond acceptors (Lipinski definition) is 3. The van der Waals surface area contributed by atoms with Gasteiger partial charge in [-0.05, 0) is 37.3 Å². The van der Waals surface area contributed by atoms with Gasteiger partial charge in [0, 0.05) is 32.0 Å². The number of primary amides is 1. The van der Waals surface area contributed by atoms with Gasteiger partial charge in [-0.2, -0.15) is 0 Å². The highest BCUT2D eigenvalue weighted by molar-refractivity contribution is 5.79. The summed E-state index contributed by atoms with van der Waals surface area (Å²) in [5.41, 5.74) is 6.55. The first-order valence-corrected chi connectivity index (χ1v) is 8.87. The van der Waals surface area contributed by atoms with Gasteiger partial charge in [0.15, 0.2) is 0 Å². The maximum atomic E-state index is 11.9. The molecule has 1 heterocycles. The zero-order valence-electron chi connectivity index (χ0n) is 14.5. The molecule has 0 saturated carbocycles. The van der Waals surface area contributed by atoms with Crippen molar-refractivity contribution in [1.29, 1.82) is 0 Å². The summed E-state index contributed by atoms with van der Waals surface area (Å²) in [6.45, 7) is 5.59. The Morgan fingerprint density at radius 1 is 1.33 bits per heavy atom. The number of nitrogens with zero attached hydrogens (tertiary/aromatic N) is 1. The molecule has 1 aromatic rings. The second-order valence-corrected chi connectivity index (χ2v) is 6.88. The summed E-state index contributed by atoms with van der Waals surface area (Å²) in [4.78, 5) is 25.4. The third-order valence-electron chi connectivity index (χ3n) is 4.73. The van der Waals surface area contributed by atoms with Gasteiger partial charge in [0.1, 0.15) is 0 Å². The highest BCUT2D eigenvalue weighted by atomic mass is 16.2. The van der Waals surface area contributed by atoms with E-state index in [-0.39, 0.29) is 17.7 Å². The van der Waals surface area contributed by atoms with E-state index in [0.717, 1.165) is 32.6 Å². The van der Waals surface area contributed by atoms with Gasteiger partial charge in [-0.25, -0.2) is 0 Å². The predicted octanol–water partition coefficient (Wildman–Crippen LogP) is 1.92. The Hall–Kier alpha value is -1.88. The molecule has 2 rings (SSSR count). The maximum Gasteiger partial charge on any atom is 0.220 e. The van der Waals surface area contributed by atoms with Gasteiger partial charge in [0.2, 0.25) is 11.8 Å². The van der Waals surface area contributed by atoms with Crippen molar-refractivity contribution in [2.24, 2.45) is 17.6 Å². The zero-order valence-corrected chi connectivity index (χ0v) is 14.5. The van der Waals surface area contributed by atoms with E-state index in [9.17, 15) is 9.59 Å². The van der Waals surface area contributed by atoms with Crippen LogP contribution in [0.15, 0.2) is 30.3 Å². The number of carbonyl (C=O) groups is 2. The predicted molar refractivity (Wildman–Crippen MR) is 95.0 cm³/mol. The van der Waals surface area contributed by atoms with Gasteiger partial charge in [0.25, 0.3) is 0 Å². The van der Waals surface area contributed by atoms with Gasteiger partial charge in [-0.1, -0.05) is 37.3 Å². The van der Waals surface area contributed by atoms with Crippen molar-refractivity contribution in [3.8, 4) is 0 Å². The van der Waals surface area contributed by atoms with Crippen LogP contribution in [-0.4, -0.2) is 36.3 Å². The maximum absolute atomic E-state index is 11.9. The van der Waals surface area contributed by atoms with E-state index >= 15 is 0 Å². The van der Waals surface area contributed by atoms with E-state index in [0.29, 0.717) is 18.8 Å². The SMILES string of the molecule is CC(CCC(=O)NC[C@@H]1CCCN(Cc2ccccc2)C1)C(N)=O. The van der Waals surface area contributed by atoms with Crippen LogP contribution in [0.25, 0.3) is 0 Å². The van der Waals surface area contributed by atoms with Crippen LogP contribution in [-0.2, 0) is 16.1 Å². The number of nitrogens with one attached hydrogen (secondary N) is 1. The van der Waals surface area contributed by atoms with E-state index in [1.807, 2.05) is 6.07 Å². The monoisotopic (exact) mass is 331 g/mol. The van der Waals surface area contributed by atoms with Crippen LogP contribution in [0.3, 0.4) is 0 Å². The summed E-state index contributed by atoms with van der Waals surface area (Å²) in [5.74, 6) is -0.0679. The molecule has 2 atom stereocenters. The minimum atomic E-state index is -0.341. The highest BCUT2D eigenvalue weighted by Crippen LogP contribution is 2.18. The molecule has 0 spiro atoms. The standard InChI is InChI=1S/C19H29N3O2/c1-15(19(20)24)9-10-18(23)21-12-17-8-5-11-22(14-17)13-16-6-3-2-4-7-16/h2-4,6-7,15,17H,5,8-14H2,1H3,(H2,20,24)(H,21,23)/t15?,17-/m0/s1. The Balaban J connectivity index is 1.69. The van der Waals surface area contributed by atoms with E-state index < -0.39 is 0 Å². The third-order valence-corrected chi connectivity index (χ3v) is 4.73. The minimum absolute atomic E-state index is 0.0169. The molecule has 5 nitrogen and oxygen atoms in total. The van der Waals surface area contributed by atoms with Gasteiger partial charge >= 0.3 is 0 Å². The molecule has 24 heavy (non-hydrogen) atoms. The molecule has 1 aromatic carbocycles. The van der Waals surface area contributed by atoms with Gasteiger partial charge in [0.05, 0.1) is 0 Å². The number of benzene rings is 1. The van der Waals surface area contributed by atoms with Crippen molar-refractivity contribution in [2.45, 2.75) is 39.2 Å². The average Bonchev–Trinajstić information content (AvgIpc) is 2.59. The minimum Gasteiger partial charge on any atom is -0.369 e. The Kier molecular flexibility index (Phi) is 7.25. The highest BCUT2D eigenvalue weighted by Gasteiger charge is 2.20. The molecule has 132 valence electrons. The fourth-order valence-corrected chi connectivity index (χ4v) is 3.14. The Morgan fingerprint density at radius 2 is 2.08 bits per heavy atom. The normalized spacial score (nSPS) is 19.6. The zero-order chi connectivity index (χ0) is 17.4. The lowest BCUT2D eigenvalue weighted by Crippen LogP contribution is -2.40. The molecule has 0 aliphatic carbocycles. The summed E-state index contributed by atoms with van der Waals surface area (Å²) in [6, 6.07) is 10.5. The molecule has 0 bridgehead atoms. The van der Waals surface area contributed by atoms with Gasteiger partial charge in [-0.15, -0.1) is 0 Å². The average molecular weight is 331 g/mol. The van der Waals surface area contributed by atoms with Crippen LogP contribution in [0.1, 0.15) is 38.2 Å². The van der Waals surface area contributed by atoms with Crippen LogP contribution in [0.4, 0.5) is 0 Å². The van der Waals surface area contributed by atoms with Crippen LogP contribution in [0.2, 0.25) is 0 Å². The molecule has 0 radical (unpaired) electrons. The molecule has 2 amide bonds. The summed E-state index contributed by atoms with van der Waals surface area (Å²) in [6.07, 6.45) is 3.21. The van der Waals surface area contributed by atoms with Crippen molar-refractivity contribution in [1.82, 2.24) is 10.2 Å². The number of carbonyl (C=O) groups excluding carboxylic acids is 2. The summed E-state index contributed by atoms with van der Waals surface area (Å²) in [7, 11) is 0. The fourth-order valence-electron chi connectivity index (χ4n) is 3.14. The molecule has 5 heteroatoms. The van der Waals surface area contributed by atoms with Gasteiger partial charge < -0.3 is 11.1 Å². The quantitative estimate of drug-likeness (QED) is 0.764. The number of piperidine rings is 1. The van der Waals surface area contributed by atoms with E-state index in [1.54, 1.807) is 6.92 Å². The first kappa shape index (κ1) is 18.5. The van der Waals surface area contributed by atoms with Crippen LogP contribution in [0.5, 0.6) is 0 Å². The number of rotatable bonds is 8. The molecule has 1 fully saturated rings. The van der Waals surface area contributed by atoms with Crippen molar-refractivity contribution in [3.05, 3.63) is 35.9 Å². The topological polar surface area (TPSA) is 75.4 Å². The second kappa shape index (κ2) is 9.42. The van der Waals surface area contributed by atoms with Crippen molar-refractivity contribution in [2.75, 3.05) is 19.6 Å². The third kappa shape index (κ3) is 6.32. The van der Waals surface area contributed by atoms with Crippen LogP contribution in [0, 0.1) is 11.8 Å². The lowest BCUT2D eigenvalue weighted by molar-refractivity contribution is -0.123. The van der Waals surface area contributed by atoms with Crippen molar-refractivity contribution >= 4 is 11.8 Å². The Morgan fingerprint density at radius 3 is 2.79 bits per heavy atom. The van der Waals surface area contributed by atoms with Crippen LogP contribution < -0.4 is 11.1 Å². The molecule has 1 unspecified atom stereocenters. The molecule has 3 N–H and O–H groups in total. The summed E-state index contributed by atoms with van der Waals surface area (Å²) >= 11 is 0. The second-order valence-electron chi connectivity index (χ2n) is 6.88. The van der Waals surface area contributed by atoms with Crippen molar-refractivity contribution in [3.63, 3.8) is 0 Å². The summed E-state index contributed by atoms with van der Waals surface area (Å²) < 4.78 is 0. The number of likely N-dealkylation sites (tertiary alicyclic amines) is 1. The number of hydrogen-bond donors (Lipinski definition) is 2. The molecular weight excluding hydrogens is 302 g/mol. The smallest absolute Gasteiger partial charge is 0.220 e. The largest absolute Gasteiger partial charge is 0.369 e. The van der Waals surface area contributed by atoms with Crippen LogP contribution >= 0.6 is 0 Å². The molecule has 1 aliphatic rings. The Labute approximate surface area is 144 Å². The molecular formula is C19H29N3O2. The first-order chi connectivity index (χ1) is 11.5. The van der Waals surface area contributed by atoms with E-state index in [1.165, 1.54) is 12.0 Å². The van der Waals surface area contributed by atoms with Crippen molar-refractivity contribution < 1.29 is 9.59 Å². The van der Waals surface area contributed by atoms with E-state index in [4.69, 9.17) is 5.73 Å². The van der Waals surface area contributed by atoms with E-state index in [2.05, 4.69) is 34.5 Å². The first-order valence-electron chi connectivity index (χ1n) is 8.87. The van der Waals surface area contributed by atoms with Gasteiger partial charge in [-0.3, -0.25) is 14.5 Å². The fraction of sp³-hybridized carbons (Fsp3) is 0.579. The molecule has 0 aromatic heterocycles. The Bertz CT molecular complexity index is 533. The molecule has 1 aliphatic heterocycles.